The summed E-state index contributed by atoms with van der Waals surface area (Å²) in [4.78, 5) is 11.0. The number of aliphatic hydroxyl groups excluding tert-OH is 1. The van der Waals surface area contributed by atoms with E-state index in [9.17, 15) is 4.79 Å². The van der Waals surface area contributed by atoms with Crippen molar-refractivity contribution < 1.29 is 14.6 Å². The number of hydrogen-bond donors (Lipinski definition) is 1. The van der Waals surface area contributed by atoms with E-state index in [0.29, 0.717) is 12.8 Å². The first-order valence-electron chi connectivity index (χ1n) is 3.98. The van der Waals surface area contributed by atoms with Gasteiger partial charge in [0, 0.05) is 0 Å². The highest BCUT2D eigenvalue weighted by molar-refractivity contribution is 5.73. The molecule has 0 heterocycles. The molecule has 1 N–H and O–H groups in total. The zero-order valence-electron chi connectivity index (χ0n) is 6.91. The van der Waals surface area contributed by atoms with E-state index in [0.717, 1.165) is 0 Å². The Morgan fingerprint density at radius 2 is 2.09 bits per heavy atom. The zero-order chi connectivity index (χ0) is 8.43. The molecule has 1 aliphatic carbocycles. The quantitative estimate of drug-likeness (QED) is 0.602. The fourth-order valence-electron chi connectivity index (χ4n) is 1.11. The third-order valence-corrected chi connectivity index (χ3v) is 1.80. The minimum Gasteiger partial charge on any atom is -0.463 e. The molecule has 0 unspecified atom stereocenters. The first kappa shape index (κ1) is 8.53. The lowest BCUT2D eigenvalue weighted by Crippen LogP contribution is -2.36. The van der Waals surface area contributed by atoms with Crippen LogP contribution < -0.4 is 0 Å². The molecule has 64 valence electrons. The van der Waals surface area contributed by atoms with Gasteiger partial charge in [0.1, 0.15) is 0 Å². The van der Waals surface area contributed by atoms with Gasteiger partial charge in [0.2, 0.25) is 0 Å². The van der Waals surface area contributed by atoms with Gasteiger partial charge in [-0.05, 0) is 26.7 Å². The van der Waals surface area contributed by atoms with Crippen LogP contribution in [0, 0.1) is 5.92 Å². The second-order valence-electron chi connectivity index (χ2n) is 3.31. The smallest absolute Gasteiger partial charge is 0.309 e. The maximum atomic E-state index is 11.0. The molecule has 0 amide bonds. The Balaban J connectivity index is 2.21. The number of ether oxygens (including phenoxy) is 1. The topological polar surface area (TPSA) is 46.5 Å². The lowest BCUT2D eigenvalue weighted by Gasteiger charge is -2.29. The minimum absolute atomic E-state index is 0.0414. The average Bonchev–Trinajstić information content (AvgIpc) is 1.79. The largest absolute Gasteiger partial charge is 0.463 e. The van der Waals surface area contributed by atoms with Crippen molar-refractivity contribution in [2.24, 2.45) is 5.92 Å². The molecule has 0 atom stereocenters. The average molecular weight is 158 g/mol. The van der Waals surface area contributed by atoms with E-state index in [4.69, 9.17) is 9.84 Å². The third-order valence-electron chi connectivity index (χ3n) is 1.80. The van der Waals surface area contributed by atoms with Gasteiger partial charge in [0.15, 0.2) is 0 Å². The van der Waals surface area contributed by atoms with Crippen LogP contribution in [-0.4, -0.2) is 23.3 Å². The number of carbonyl (C=O) groups is 1. The molecule has 0 aromatic heterocycles. The van der Waals surface area contributed by atoms with Crippen LogP contribution in [0.3, 0.4) is 0 Å². The minimum atomic E-state index is -0.278. The number of carbonyl (C=O) groups excluding carboxylic acids is 1. The van der Waals surface area contributed by atoms with Crippen LogP contribution in [-0.2, 0) is 9.53 Å². The molecule has 0 aliphatic heterocycles. The first-order chi connectivity index (χ1) is 5.09. The fraction of sp³-hybridized carbons (Fsp3) is 0.875. The summed E-state index contributed by atoms with van der Waals surface area (Å²) in [6.45, 7) is 3.65. The number of esters is 1. The maximum Gasteiger partial charge on any atom is 0.309 e. The second kappa shape index (κ2) is 3.22. The van der Waals surface area contributed by atoms with E-state index in [1.54, 1.807) is 0 Å². The van der Waals surface area contributed by atoms with E-state index >= 15 is 0 Å². The van der Waals surface area contributed by atoms with Crippen LogP contribution >= 0.6 is 0 Å². The lowest BCUT2D eigenvalue weighted by atomic mass is 9.82. The Morgan fingerprint density at radius 3 is 2.45 bits per heavy atom. The molecule has 0 radical (unpaired) electrons. The van der Waals surface area contributed by atoms with Gasteiger partial charge in [0.05, 0.1) is 18.1 Å². The summed E-state index contributed by atoms with van der Waals surface area (Å²) in [5.74, 6) is -0.210. The van der Waals surface area contributed by atoms with Crippen molar-refractivity contribution in [1.82, 2.24) is 0 Å². The number of hydrogen-bond acceptors (Lipinski definition) is 3. The van der Waals surface area contributed by atoms with Crippen molar-refractivity contribution in [3.05, 3.63) is 0 Å². The van der Waals surface area contributed by atoms with Crippen molar-refractivity contribution in [1.29, 1.82) is 0 Å². The Morgan fingerprint density at radius 1 is 1.55 bits per heavy atom. The van der Waals surface area contributed by atoms with Gasteiger partial charge < -0.3 is 9.84 Å². The molecule has 3 heteroatoms. The van der Waals surface area contributed by atoms with E-state index < -0.39 is 0 Å². The summed E-state index contributed by atoms with van der Waals surface area (Å²) in [6, 6.07) is 0. The molecule has 0 bridgehead atoms. The monoisotopic (exact) mass is 158 g/mol. The van der Waals surface area contributed by atoms with Crippen molar-refractivity contribution in [3.8, 4) is 0 Å². The van der Waals surface area contributed by atoms with Gasteiger partial charge in [-0.15, -0.1) is 0 Å². The predicted octanol–water partition coefficient (Wildman–Crippen LogP) is 0.709. The van der Waals surface area contributed by atoms with Crippen LogP contribution in [0.15, 0.2) is 0 Å². The van der Waals surface area contributed by atoms with E-state index in [-0.39, 0.29) is 24.1 Å². The lowest BCUT2D eigenvalue weighted by molar-refractivity contribution is -0.159. The molecule has 1 aliphatic rings. The Labute approximate surface area is 66.4 Å². The van der Waals surface area contributed by atoms with Crippen LogP contribution in [0.4, 0.5) is 0 Å². The van der Waals surface area contributed by atoms with E-state index in [1.165, 1.54) is 0 Å². The van der Waals surface area contributed by atoms with Crippen LogP contribution in [0.25, 0.3) is 0 Å². The molecule has 1 fully saturated rings. The SMILES string of the molecule is CC(C)OC(=O)C1CC(O)C1. The molecule has 0 spiro atoms. The van der Waals surface area contributed by atoms with Gasteiger partial charge >= 0.3 is 5.97 Å². The highest BCUT2D eigenvalue weighted by Gasteiger charge is 2.34. The molecule has 1 rings (SSSR count). The van der Waals surface area contributed by atoms with Gasteiger partial charge in [-0.25, -0.2) is 0 Å². The van der Waals surface area contributed by atoms with Crippen LogP contribution in [0.5, 0.6) is 0 Å². The van der Waals surface area contributed by atoms with E-state index in [2.05, 4.69) is 0 Å². The Bertz CT molecular complexity index is 147. The number of rotatable bonds is 2. The summed E-state index contributed by atoms with van der Waals surface area (Å²) < 4.78 is 4.95. The van der Waals surface area contributed by atoms with Gasteiger partial charge in [-0.1, -0.05) is 0 Å². The Kier molecular flexibility index (Phi) is 2.49. The maximum absolute atomic E-state index is 11.0. The first-order valence-corrected chi connectivity index (χ1v) is 3.98. The van der Waals surface area contributed by atoms with Gasteiger partial charge in [-0.3, -0.25) is 4.79 Å². The molecule has 0 aromatic carbocycles. The van der Waals surface area contributed by atoms with E-state index in [1.807, 2.05) is 13.8 Å². The molecular weight excluding hydrogens is 144 g/mol. The van der Waals surface area contributed by atoms with Gasteiger partial charge in [0.25, 0.3) is 0 Å². The molecule has 11 heavy (non-hydrogen) atoms. The number of aliphatic hydroxyl groups is 1. The summed E-state index contributed by atoms with van der Waals surface area (Å²) in [5.41, 5.74) is 0. The van der Waals surface area contributed by atoms with Crippen LogP contribution in [0.1, 0.15) is 26.7 Å². The highest BCUT2D eigenvalue weighted by Crippen LogP contribution is 2.28. The zero-order valence-corrected chi connectivity index (χ0v) is 6.91. The molecular formula is C8H14O3. The summed E-state index contributed by atoms with van der Waals surface area (Å²) in [5, 5.41) is 8.89. The summed E-state index contributed by atoms with van der Waals surface area (Å²) >= 11 is 0. The van der Waals surface area contributed by atoms with Crippen molar-refractivity contribution in [3.63, 3.8) is 0 Å². The molecule has 0 saturated heterocycles. The molecule has 3 nitrogen and oxygen atoms in total. The Hall–Kier alpha value is -0.570. The van der Waals surface area contributed by atoms with Crippen molar-refractivity contribution >= 4 is 5.97 Å². The standard InChI is InChI=1S/C8H14O3/c1-5(2)11-8(10)6-3-7(9)4-6/h5-7,9H,3-4H2,1-2H3. The highest BCUT2D eigenvalue weighted by atomic mass is 16.5. The van der Waals surface area contributed by atoms with Crippen LogP contribution in [0.2, 0.25) is 0 Å². The fourth-order valence-corrected chi connectivity index (χ4v) is 1.11. The van der Waals surface area contributed by atoms with Crippen molar-refractivity contribution in [2.75, 3.05) is 0 Å². The predicted molar refractivity (Wildman–Crippen MR) is 40.0 cm³/mol. The second-order valence-corrected chi connectivity index (χ2v) is 3.31. The summed E-state index contributed by atoms with van der Waals surface area (Å²) in [6.07, 6.45) is 0.830. The normalized spacial score (nSPS) is 29.8. The molecule has 0 aromatic rings. The van der Waals surface area contributed by atoms with Crippen molar-refractivity contribution in [2.45, 2.75) is 38.9 Å². The molecule has 1 saturated carbocycles. The third kappa shape index (κ3) is 2.19. The van der Waals surface area contributed by atoms with Gasteiger partial charge in [-0.2, -0.15) is 0 Å². The summed E-state index contributed by atoms with van der Waals surface area (Å²) in [7, 11) is 0.